The first-order chi connectivity index (χ1) is 9.34. The number of aliphatic imine (C=N–C) groups is 1. The SMILES string of the molecule is C[C@H](N=C1CCCc2ccccc21)c1ccccc1. The van der Waals surface area contributed by atoms with Crippen LogP contribution in [0.25, 0.3) is 0 Å². The van der Waals surface area contributed by atoms with E-state index in [-0.39, 0.29) is 6.04 Å². The van der Waals surface area contributed by atoms with Crippen molar-refractivity contribution < 1.29 is 0 Å². The minimum Gasteiger partial charge on any atom is -0.281 e. The molecule has 1 aliphatic carbocycles. The summed E-state index contributed by atoms with van der Waals surface area (Å²) in [6.07, 6.45) is 3.51. The molecule has 0 unspecified atom stereocenters. The second-order valence-electron chi connectivity index (χ2n) is 5.17. The number of benzene rings is 2. The van der Waals surface area contributed by atoms with Crippen molar-refractivity contribution in [2.45, 2.75) is 32.2 Å². The van der Waals surface area contributed by atoms with Gasteiger partial charge in [0.1, 0.15) is 0 Å². The zero-order valence-electron chi connectivity index (χ0n) is 11.3. The fourth-order valence-electron chi connectivity index (χ4n) is 2.77. The van der Waals surface area contributed by atoms with Gasteiger partial charge in [-0.15, -0.1) is 0 Å². The molecule has 1 heteroatoms. The Morgan fingerprint density at radius 3 is 2.47 bits per heavy atom. The number of aryl methyl sites for hydroxylation is 1. The van der Waals surface area contributed by atoms with Gasteiger partial charge in [0.05, 0.1) is 6.04 Å². The first kappa shape index (κ1) is 12.2. The molecular formula is C18H19N. The molecule has 0 saturated heterocycles. The van der Waals surface area contributed by atoms with Crippen molar-refractivity contribution in [3.63, 3.8) is 0 Å². The zero-order valence-corrected chi connectivity index (χ0v) is 11.3. The van der Waals surface area contributed by atoms with Crippen LogP contribution in [0, 0.1) is 0 Å². The van der Waals surface area contributed by atoms with E-state index in [1.54, 1.807) is 0 Å². The number of rotatable bonds is 2. The summed E-state index contributed by atoms with van der Waals surface area (Å²) in [6, 6.07) is 19.5. The lowest BCUT2D eigenvalue weighted by atomic mass is 9.90. The molecule has 0 saturated carbocycles. The molecule has 0 radical (unpaired) electrons. The fourth-order valence-corrected chi connectivity index (χ4v) is 2.77. The molecule has 0 bridgehead atoms. The van der Waals surface area contributed by atoms with Gasteiger partial charge in [0, 0.05) is 5.71 Å². The van der Waals surface area contributed by atoms with Gasteiger partial charge in [-0.25, -0.2) is 0 Å². The third-order valence-corrected chi connectivity index (χ3v) is 3.82. The van der Waals surface area contributed by atoms with Crippen LogP contribution in [-0.2, 0) is 6.42 Å². The van der Waals surface area contributed by atoms with Gasteiger partial charge in [-0.1, -0.05) is 54.6 Å². The molecule has 3 rings (SSSR count). The second-order valence-corrected chi connectivity index (χ2v) is 5.17. The molecular weight excluding hydrogens is 230 g/mol. The molecule has 0 spiro atoms. The summed E-state index contributed by atoms with van der Waals surface area (Å²) in [7, 11) is 0. The third kappa shape index (κ3) is 2.60. The van der Waals surface area contributed by atoms with Crippen molar-refractivity contribution in [2.24, 2.45) is 4.99 Å². The van der Waals surface area contributed by atoms with Crippen molar-refractivity contribution in [1.82, 2.24) is 0 Å². The van der Waals surface area contributed by atoms with Gasteiger partial charge in [-0.05, 0) is 42.9 Å². The summed E-state index contributed by atoms with van der Waals surface area (Å²) in [5.74, 6) is 0. The van der Waals surface area contributed by atoms with E-state index in [9.17, 15) is 0 Å². The summed E-state index contributed by atoms with van der Waals surface area (Å²) in [5.41, 5.74) is 5.38. The van der Waals surface area contributed by atoms with E-state index in [4.69, 9.17) is 4.99 Å². The Bertz CT molecular complexity index is 584. The molecule has 1 atom stereocenters. The molecule has 0 N–H and O–H groups in total. The van der Waals surface area contributed by atoms with E-state index < -0.39 is 0 Å². The van der Waals surface area contributed by atoms with Gasteiger partial charge >= 0.3 is 0 Å². The third-order valence-electron chi connectivity index (χ3n) is 3.82. The molecule has 0 fully saturated rings. The Hall–Kier alpha value is -1.89. The van der Waals surface area contributed by atoms with E-state index in [1.165, 1.54) is 35.2 Å². The molecule has 19 heavy (non-hydrogen) atoms. The maximum atomic E-state index is 4.96. The fraction of sp³-hybridized carbons (Fsp3) is 0.278. The van der Waals surface area contributed by atoms with Crippen LogP contribution >= 0.6 is 0 Å². The molecule has 0 aliphatic heterocycles. The Kier molecular flexibility index (Phi) is 3.45. The van der Waals surface area contributed by atoms with Crippen molar-refractivity contribution in [3.8, 4) is 0 Å². The van der Waals surface area contributed by atoms with Crippen LogP contribution in [0.15, 0.2) is 59.6 Å². The smallest absolute Gasteiger partial charge is 0.0724 e. The van der Waals surface area contributed by atoms with E-state index in [2.05, 4.69) is 61.5 Å². The van der Waals surface area contributed by atoms with Crippen molar-refractivity contribution >= 4 is 5.71 Å². The maximum absolute atomic E-state index is 4.96. The van der Waals surface area contributed by atoms with Gasteiger partial charge in [0.25, 0.3) is 0 Å². The standard InChI is InChI=1S/C18H19N/c1-14(15-8-3-2-4-9-15)19-18-13-7-11-16-10-5-6-12-17(16)18/h2-6,8-10,12,14H,7,11,13H2,1H3/t14-/m0/s1. The van der Waals surface area contributed by atoms with Gasteiger partial charge in [0.2, 0.25) is 0 Å². The molecule has 2 aromatic carbocycles. The lowest BCUT2D eigenvalue weighted by Gasteiger charge is -2.19. The number of nitrogens with zero attached hydrogens (tertiary/aromatic N) is 1. The van der Waals surface area contributed by atoms with Crippen molar-refractivity contribution in [2.75, 3.05) is 0 Å². The van der Waals surface area contributed by atoms with Gasteiger partial charge in [-0.3, -0.25) is 4.99 Å². The summed E-state index contributed by atoms with van der Waals surface area (Å²) < 4.78 is 0. The first-order valence-corrected chi connectivity index (χ1v) is 7.04. The predicted molar refractivity (Wildman–Crippen MR) is 80.8 cm³/mol. The summed E-state index contributed by atoms with van der Waals surface area (Å²) in [5, 5.41) is 0. The average Bonchev–Trinajstić information content (AvgIpc) is 2.48. The van der Waals surface area contributed by atoms with Crippen molar-refractivity contribution in [1.29, 1.82) is 0 Å². The Balaban J connectivity index is 1.93. The van der Waals surface area contributed by atoms with Crippen LogP contribution in [0.5, 0.6) is 0 Å². The van der Waals surface area contributed by atoms with E-state index >= 15 is 0 Å². The minimum absolute atomic E-state index is 0.238. The quantitative estimate of drug-likeness (QED) is 0.739. The largest absolute Gasteiger partial charge is 0.281 e. The summed E-state index contributed by atoms with van der Waals surface area (Å²) >= 11 is 0. The Labute approximate surface area is 115 Å². The highest BCUT2D eigenvalue weighted by Crippen LogP contribution is 2.25. The lowest BCUT2D eigenvalue weighted by Crippen LogP contribution is -2.12. The molecule has 0 heterocycles. The molecule has 1 aliphatic rings. The maximum Gasteiger partial charge on any atom is 0.0724 e. The van der Waals surface area contributed by atoms with Crippen molar-refractivity contribution in [3.05, 3.63) is 71.3 Å². The number of fused-ring (bicyclic) bond motifs is 1. The Morgan fingerprint density at radius 1 is 0.895 bits per heavy atom. The molecule has 1 nitrogen and oxygen atoms in total. The van der Waals surface area contributed by atoms with Crippen LogP contribution in [0.4, 0.5) is 0 Å². The average molecular weight is 249 g/mol. The van der Waals surface area contributed by atoms with E-state index in [0.717, 1.165) is 6.42 Å². The minimum atomic E-state index is 0.238. The number of hydrogen-bond acceptors (Lipinski definition) is 1. The van der Waals surface area contributed by atoms with E-state index in [0.29, 0.717) is 0 Å². The van der Waals surface area contributed by atoms with Gasteiger partial charge in [-0.2, -0.15) is 0 Å². The van der Waals surface area contributed by atoms with Crippen LogP contribution in [0.2, 0.25) is 0 Å². The second kappa shape index (κ2) is 5.40. The Morgan fingerprint density at radius 2 is 1.63 bits per heavy atom. The lowest BCUT2D eigenvalue weighted by molar-refractivity contribution is 0.785. The van der Waals surface area contributed by atoms with Crippen LogP contribution < -0.4 is 0 Å². The molecule has 2 aromatic rings. The van der Waals surface area contributed by atoms with Gasteiger partial charge < -0.3 is 0 Å². The zero-order chi connectivity index (χ0) is 13.1. The molecule has 0 aromatic heterocycles. The predicted octanol–water partition coefficient (Wildman–Crippen LogP) is 4.57. The van der Waals surface area contributed by atoms with E-state index in [1.807, 2.05) is 0 Å². The van der Waals surface area contributed by atoms with Crippen LogP contribution in [0.1, 0.15) is 42.5 Å². The highest BCUT2D eigenvalue weighted by molar-refractivity contribution is 6.02. The van der Waals surface area contributed by atoms with Crippen LogP contribution in [-0.4, -0.2) is 5.71 Å². The normalized spacial score (nSPS) is 18.1. The molecule has 0 amide bonds. The summed E-state index contributed by atoms with van der Waals surface area (Å²) in [6.45, 7) is 2.18. The highest BCUT2D eigenvalue weighted by atomic mass is 14.8. The monoisotopic (exact) mass is 249 g/mol. The summed E-state index contributed by atoms with van der Waals surface area (Å²) in [4.78, 5) is 4.96. The van der Waals surface area contributed by atoms with Gasteiger partial charge in [0.15, 0.2) is 0 Å². The highest BCUT2D eigenvalue weighted by Gasteiger charge is 2.15. The first-order valence-electron chi connectivity index (χ1n) is 7.04. The van der Waals surface area contributed by atoms with Crippen LogP contribution in [0.3, 0.4) is 0 Å². The topological polar surface area (TPSA) is 12.4 Å². The molecule has 96 valence electrons. The number of hydrogen-bond donors (Lipinski definition) is 0.